The van der Waals surface area contributed by atoms with E-state index in [1.165, 1.54) is 0 Å². The van der Waals surface area contributed by atoms with Crippen molar-refractivity contribution in [2.45, 2.75) is 52.4 Å². The Balaban J connectivity index is 2.16. The van der Waals surface area contributed by atoms with Crippen LogP contribution in [0.25, 0.3) is 6.08 Å². The van der Waals surface area contributed by atoms with Crippen molar-refractivity contribution in [1.29, 1.82) is 0 Å². The fourth-order valence-corrected chi connectivity index (χ4v) is 2.05. The molecule has 2 heterocycles. The summed E-state index contributed by atoms with van der Waals surface area (Å²) in [5.74, 6) is 1.86. The van der Waals surface area contributed by atoms with E-state index < -0.39 is 0 Å². The van der Waals surface area contributed by atoms with Crippen LogP contribution in [-0.4, -0.2) is 28.4 Å². The zero-order chi connectivity index (χ0) is 15.0. The van der Waals surface area contributed by atoms with E-state index in [2.05, 4.69) is 4.98 Å². The Morgan fingerprint density at radius 3 is 2.35 bits per heavy atom. The fraction of sp³-hybridized carbons (Fsp3) is 0.533. The molecule has 0 aromatic carbocycles. The van der Waals surface area contributed by atoms with Crippen LogP contribution in [0.2, 0.25) is 0 Å². The first kappa shape index (κ1) is 15.2. The van der Waals surface area contributed by atoms with Crippen LogP contribution in [0.5, 0.6) is 0 Å². The highest BCUT2D eigenvalue weighted by Gasteiger charge is 2.49. The van der Waals surface area contributed by atoms with E-state index in [0.717, 1.165) is 11.3 Å². The van der Waals surface area contributed by atoms with Crippen molar-refractivity contribution in [3.63, 3.8) is 0 Å². The highest BCUT2D eigenvalue weighted by atomic mass is 16.7. The second-order valence-corrected chi connectivity index (χ2v) is 6.13. The maximum atomic E-state index is 9.34. The van der Waals surface area contributed by atoms with E-state index in [-0.39, 0.29) is 24.9 Å². The van der Waals surface area contributed by atoms with Crippen molar-refractivity contribution in [3.8, 4) is 0 Å². The Hall–Kier alpha value is -1.17. The third-order valence-corrected chi connectivity index (χ3v) is 4.00. The molecule has 0 atom stereocenters. The first-order chi connectivity index (χ1) is 9.25. The number of hydrogen-bond acceptors (Lipinski definition) is 4. The Morgan fingerprint density at radius 1 is 1.20 bits per heavy atom. The highest BCUT2D eigenvalue weighted by molar-refractivity contribution is 6.52. The molecule has 1 aliphatic rings. The molecular weight excluding hydrogens is 253 g/mol. The normalized spacial score (nSPS) is 20.8. The van der Waals surface area contributed by atoms with E-state index in [9.17, 15) is 5.11 Å². The van der Waals surface area contributed by atoms with Crippen LogP contribution in [0.1, 0.15) is 44.6 Å². The van der Waals surface area contributed by atoms with Crippen molar-refractivity contribution in [2.24, 2.45) is 0 Å². The zero-order valence-electron chi connectivity index (χ0n) is 12.8. The largest absolute Gasteiger partial charge is 0.487 e. The zero-order valence-corrected chi connectivity index (χ0v) is 12.8. The van der Waals surface area contributed by atoms with Gasteiger partial charge in [-0.3, -0.25) is 4.98 Å². The molecule has 0 radical (unpaired) electrons. The molecule has 1 N–H and O–H groups in total. The molecule has 1 saturated heterocycles. The number of aromatic nitrogens is 1. The Bertz CT molecular complexity index is 510. The molecule has 1 aromatic heterocycles. The number of rotatable bonds is 3. The first-order valence-corrected chi connectivity index (χ1v) is 6.86. The molecule has 0 bridgehead atoms. The topological polar surface area (TPSA) is 51.6 Å². The lowest BCUT2D eigenvalue weighted by molar-refractivity contribution is 0.00578. The lowest BCUT2D eigenvalue weighted by Crippen LogP contribution is -2.41. The van der Waals surface area contributed by atoms with Gasteiger partial charge in [0.1, 0.15) is 0 Å². The number of aliphatic hydroxyl groups is 1. The van der Waals surface area contributed by atoms with Gasteiger partial charge < -0.3 is 14.4 Å². The Kier molecular flexibility index (Phi) is 4.05. The molecule has 0 unspecified atom stereocenters. The minimum atomic E-state index is -0.382. The lowest BCUT2D eigenvalue weighted by atomic mass is 9.89. The van der Waals surface area contributed by atoms with E-state index in [1.807, 2.05) is 58.8 Å². The van der Waals surface area contributed by atoms with Crippen LogP contribution in [0.15, 0.2) is 18.1 Å². The van der Waals surface area contributed by atoms with Crippen molar-refractivity contribution in [1.82, 2.24) is 4.98 Å². The van der Waals surface area contributed by atoms with Gasteiger partial charge in [0.2, 0.25) is 0 Å². The molecular formula is C15H22BNO3. The van der Waals surface area contributed by atoms with Gasteiger partial charge in [-0.05, 0) is 46.2 Å². The lowest BCUT2D eigenvalue weighted by Gasteiger charge is -2.32. The quantitative estimate of drug-likeness (QED) is 0.861. The number of aliphatic hydroxyl groups excluding tert-OH is 1. The summed E-state index contributed by atoms with van der Waals surface area (Å²) in [4.78, 5) is 4.31. The van der Waals surface area contributed by atoms with E-state index in [1.54, 1.807) is 0 Å². The molecule has 5 heteroatoms. The van der Waals surface area contributed by atoms with Gasteiger partial charge in [-0.2, -0.15) is 0 Å². The fourth-order valence-electron chi connectivity index (χ4n) is 2.05. The summed E-state index contributed by atoms with van der Waals surface area (Å²) in [6, 6.07) is 3.86. The number of nitrogens with zero attached hydrogens (tertiary/aromatic N) is 1. The molecule has 20 heavy (non-hydrogen) atoms. The molecule has 1 aliphatic heterocycles. The Morgan fingerprint density at radius 2 is 1.80 bits per heavy atom. The number of aryl methyl sites for hydroxylation is 1. The third kappa shape index (κ3) is 2.95. The Labute approximate surface area is 121 Å². The SMILES string of the molecule is Cc1ccc(/C=C/B2OC(C)(C)C(C)(C)O2)c(CO)n1. The standard InChI is InChI=1S/C15H22BNO3/c1-11-6-7-12(13(10-18)17-11)8-9-16-19-14(2,3)15(4,5)20-16/h6-9,18H,10H2,1-5H3/b9-8+. The van der Waals surface area contributed by atoms with Crippen LogP contribution < -0.4 is 0 Å². The molecule has 0 aliphatic carbocycles. The molecule has 1 aromatic rings. The minimum Gasteiger partial charge on any atom is -0.400 e. The molecule has 1 fully saturated rings. The molecule has 0 saturated carbocycles. The summed E-state index contributed by atoms with van der Waals surface area (Å²) in [6.07, 6.45) is 1.89. The monoisotopic (exact) mass is 275 g/mol. The molecule has 108 valence electrons. The van der Waals surface area contributed by atoms with Crippen molar-refractivity contribution < 1.29 is 14.4 Å². The number of hydrogen-bond donors (Lipinski definition) is 1. The van der Waals surface area contributed by atoms with Gasteiger partial charge in [-0.15, -0.1) is 0 Å². The van der Waals surface area contributed by atoms with Gasteiger partial charge in [0.25, 0.3) is 0 Å². The molecule has 0 amide bonds. The van der Waals surface area contributed by atoms with E-state index >= 15 is 0 Å². The van der Waals surface area contributed by atoms with Gasteiger partial charge in [0.05, 0.1) is 23.5 Å². The van der Waals surface area contributed by atoms with Crippen LogP contribution >= 0.6 is 0 Å². The molecule has 4 nitrogen and oxygen atoms in total. The minimum absolute atomic E-state index is 0.0787. The first-order valence-electron chi connectivity index (χ1n) is 6.86. The summed E-state index contributed by atoms with van der Waals surface area (Å²) in [5, 5.41) is 9.34. The van der Waals surface area contributed by atoms with Gasteiger partial charge in [0, 0.05) is 5.69 Å². The van der Waals surface area contributed by atoms with Gasteiger partial charge in [-0.1, -0.05) is 18.1 Å². The second-order valence-electron chi connectivity index (χ2n) is 6.13. The predicted molar refractivity (Wildman–Crippen MR) is 80.0 cm³/mol. The third-order valence-electron chi connectivity index (χ3n) is 4.00. The summed E-state index contributed by atoms with van der Waals surface area (Å²) in [6.45, 7) is 9.91. The average Bonchev–Trinajstić information content (AvgIpc) is 2.56. The summed E-state index contributed by atoms with van der Waals surface area (Å²) in [5.41, 5.74) is 1.76. The van der Waals surface area contributed by atoms with Gasteiger partial charge >= 0.3 is 7.12 Å². The predicted octanol–water partition coefficient (Wildman–Crippen LogP) is 2.53. The highest BCUT2D eigenvalue weighted by Crippen LogP contribution is 2.37. The molecule has 0 spiro atoms. The number of pyridine rings is 1. The second kappa shape index (κ2) is 5.32. The van der Waals surface area contributed by atoms with Gasteiger partial charge in [-0.25, -0.2) is 0 Å². The van der Waals surface area contributed by atoms with Crippen LogP contribution in [-0.2, 0) is 15.9 Å². The van der Waals surface area contributed by atoms with E-state index in [0.29, 0.717) is 5.69 Å². The van der Waals surface area contributed by atoms with Crippen LogP contribution in [0, 0.1) is 6.92 Å². The summed E-state index contributed by atoms with van der Waals surface area (Å²) < 4.78 is 11.8. The van der Waals surface area contributed by atoms with Crippen LogP contribution in [0.4, 0.5) is 0 Å². The summed E-state index contributed by atoms with van der Waals surface area (Å²) >= 11 is 0. The maximum absolute atomic E-state index is 9.34. The maximum Gasteiger partial charge on any atom is 0.487 e. The van der Waals surface area contributed by atoms with Gasteiger partial charge in [0.15, 0.2) is 0 Å². The van der Waals surface area contributed by atoms with Crippen molar-refractivity contribution in [2.75, 3.05) is 0 Å². The molecule has 2 rings (SSSR count). The summed E-state index contributed by atoms with van der Waals surface area (Å²) in [7, 11) is -0.382. The average molecular weight is 275 g/mol. The van der Waals surface area contributed by atoms with Crippen molar-refractivity contribution in [3.05, 3.63) is 35.1 Å². The van der Waals surface area contributed by atoms with Crippen molar-refractivity contribution >= 4 is 13.2 Å². The van der Waals surface area contributed by atoms with Crippen LogP contribution in [0.3, 0.4) is 0 Å². The smallest absolute Gasteiger partial charge is 0.400 e. The van der Waals surface area contributed by atoms with E-state index in [4.69, 9.17) is 9.31 Å².